The van der Waals surface area contributed by atoms with Crippen LogP contribution in [0.1, 0.15) is 35.7 Å². The monoisotopic (exact) mass is 360 g/mol. The van der Waals surface area contributed by atoms with Gasteiger partial charge in [0.05, 0.1) is 11.3 Å². The van der Waals surface area contributed by atoms with Crippen LogP contribution >= 0.6 is 23.2 Å². The lowest BCUT2D eigenvalue weighted by Gasteiger charge is -2.22. The summed E-state index contributed by atoms with van der Waals surface area (Å²) >= 11 is 11.5. The van der Waals surface area contributed by atoms with Crippen molar-refractivity contribution in [1.82, 2.24) is 4.90 Å². The number of carbonyl (C=O) groups is 2. The highest BCUT2D eigenvalue weighted by Gasteiger charge is 2.21. The van der Waals surface area contributed by atoms with Gasteiger partial charge < -0.3 is 15.4 Å². The van der Waals surface area contributed by atoms with Crippen LogP contribution in [0.3, 0.4) is 0 Å². The van der Waals surface area contributed by atoms with Crippen LogP contribution in [0.5, 0.6) is 5.75 Å². The number of esters is 1. The van der Waals surface area contributed by atoms with Gasteiger partial charge in [-0.25, -0.2) is 0 Å². The molecule has 0 aliphatic heterocycles. The molecule has 0 heterocycles. The van der Waals surface area contributed by atoms with Crippen LogP contribution < -0.4 is 10.5 Å². The van der Waals surface area contributed by atoms with Crippen LogP contribution in [-0.2, 0) is 4.79 Å². The van der Waals surface area contributed by atoms with E-state index in [0.717, 1.165) is 0 Å². The summed E-state index contributed by atoms with van der Waals surface area (Å²) in [7, 11) is 0. The highest BCUT2D eigenvalue weighted by molar-refractivity contribution is 6.18. The molecule has 23 heavy (non-hydrogen) atoms. The number of ether oxygens (including phenoxy) is 1. The summed E-state index contributed by atoms with van der Waals surface area (Å²) in [4.78, 5) is 25.9. The number of hydrogen-bond acceptors (Lipinski definition) is 4. The van der Waals surface area contributed by atoms with Gasteiger partial charge in [0.25, 0.3) is 5.91 Å². The Kier molecular flexibility index (Phi) is 8.20. The lowest BCUT2D eigenvalue weighted by Crippen LogP contribution is -2.35. The molecule has 2 N–H and O–H groups in total. The summed E-state index contributed by atoms with van der Waals surface area (Å²) in [5.74, 6) is 0.187. The molecule has 5 nitrogen and oxygen atoms in total. The van der Waals surface area contributed by atoms with Crippen molar-refractivity contribution in [3.8, 4) is 5.75 Å². The van der Waals surface area contributed by atoms with Gasteiger partial charge in [0.1, 0.15) is 0 Å². The van der Waals surface area contributed by atoms with Crippen molar-refractivity contribution in [2.45, 2.75) is 26.7 Å². The Morgan fingerprint density at radius 1 is 1.22 bits per heavy atom. The van der Waals surface area contributed by atoms with Crippen LogP contribution in [0.15, 0.2) is 12.1 Å². The fourth-order valence-corrected chi connectivity index (χ4v) is 2.50. The number of alkyl halides is 2. The van der Waals surface area contributed by atoms with Crippen molar-refractivity contribution in [3.63, 3.8) is 0 Å². The summed E-state index contributed by atoms with van der Waals surface area (Å²) in [5, 5.41) is 0. The van der Waals surface area contributed by atoms with Crippen molar-refractivity contribution in [1.29, 1.82) is 0 Å². The van der Waals surface area contributed by atoms with E-state index in [1.807, 2.05) is 6.92 Å². The quantitative estimate of drug-likeness (QED) is 0.334. The summed E-state index contributed by atoms with van der Waals surface area (Å²) < 4.78 is 5.32. The molecule has 1 aromatic rings. The fraction of sp³-hybridized carbons (Fsp3) is 0.500. The number of rotatable bonds is 8. The van der Waals surface area contributed by atoms with Gasteiger partial charge in [0, 0.05) is 31.3 Å². The minimum Gasteiger partial charge on any atom is -0.424 e. The lowest BCUT2D eigenvalue weighted by molar-refractivity contribution is -0.134. The summed E-state index contributed by atoms with van der Waals surface area (Å²) in [6.07, 6.45) is 0.970. The first kappa shape index (κ1) is 19.6. The second-order valence-electron chi connectivity index (χ2n) is 5.07. The third-order valence-electron chi connectivity index (χ3n) is 3.29. The number of carbonyl (C=O) groups excluding carboxylic acids is 2. The normalized spacial score (nSPS) is 10.4. The Morgan fingerprint density at radius 3 is 2.35 bits per heavy atom. The van der Waals surface area contributed by atoms with Crippen LogP contribution in [0.25, 0.3) is 0 Å². The molecule has 0 radical (unpaired) electrons. The average molecular weight is 361 g/mol. The molecular weight excluding hydrogens is 339 g/mol. The highest BCUT2D eigenvalue weighted by Crippen LogP contribution is 2.31. The number of nitrogens with two attached hydrogens (primary N) is 1. The molecule has 1 aromatic carbocycles. The van der Waals surface area contributed by atoms with Gasteiger partial charge in [-0.05, 0) is 25.0 Å². The second kappa shape index (κ2) is 9.63. The molecule has 0 bridgehead atoms. The Hall–Kier alpha value is -1.46. The highest BCUT2D eigenvalue weighted by atomic mass is 35.5. The molecule has 7 heteroatoms. The van der Waals surface area contributed by atoms with Crippen LogP contribution in [0.2, 0.25) is 0 Å². The summed E-state index contributed by atoms with van der Waals surface area (Å²) in [6, 6.07) is 3.33. The number of benzene rings is 1. The van der Waals surface area contributed by atoms with E-state index in [1.165, 1.54) is 4.90 Å². The molecule has 0 saturated heterocycles. The smallest absolute Gasteiger partial charge is 0.311 e. The third-order valence-corrected chi connectivity index (χ3v) is 3.63. The molecule has 1 rings (SSSR count). The zero-order valence-electron chi connectivity index (χ0n) is 13.4. The maximum Gasteiger partial charge on any atom is 0.311 e. The van der Waals surface area contributed by atoms with Crippen molar-refractivity contribution in [2.24, 2.45) is 0 Å². The van der Waals surface area contributed by atoms with E-state index in [9.17, 15) is 9.59 Å². The number of aryl methyl sites for hydroxylation is 1. The Bertz CT molecular complexity index is 559. The van der Waals surface area contributed by atoms with Crippen molar-refractivity contribution >= 4 is 40.8 Å². The van der Waals surface area contributed by atoms with Gasteiger partial charge >= 0.3 is 5.97 Å². The number of nitrogen functional groups attached to an aromatic ring is 1. The van der Waals surface area contributed by atoms with Gasteiger partial charge in [-0.15, -0.1) is 23.2 Å². The topological polar surface area (TPSA) is 72.6 Å². The Labute approximate surface area is 146 Å². The predicted molar refractivity (Wildman–Crippen MR) is 93.5 cm³/mol. The second-order valence-corrected chi connectivity index (χ2v) is 5.82. The van der Waals surface area contributed by atoms with Gasteiger partial charge in [0.15, 0.2) is 5.75 Å². The molecule has 0 aliphatic rings. The number of hydrogen-bond donors (Lipinski definition) is 1. The van der Waals surface area contributed by atoms with E-state index in [1.54, 1.807) is 19.1 Å². The molecule has 0 spiro atoms. The SMILES string of the molecule is CCCC(=O)Oc1c(C)ccc(C(=O)N(CCCl)CCCl)c1N. The summed E-state index contributed by atoms with van der Waals surface area (Å²) in [5.41, 5.74) is 7.21. The predicted octanol–water partition coefficient (Wildman–Crippen LogP) is 3.20. The van der Waals surface area contributed by atoms with Gasteiger partial charge in [-0.2, -0.15) is 0 Å². The van der Waals surface area contributed by atoms with Crippen LogP contribution in [0, 0.1) is 6.92 Å². The minimum absolute atomic E-state index is 0.161. The van der Waals surface area contributed by atoms with Crippen LogP contribution in [0.4, 0.5) is 5.69 Å². The fourth-order valence-electron chi connectivity index (χ4n) is 2.09. The Morgan fingerprint density at radius 2 is 1.83 bits per heavy atom. The van der Waals surface area contributed by atoms with Crippen LogP contribution in [-0.4, -0.2) is 41.6 Å². The molecular formula is C16H22Cl2N2O3. The maximum atomic E-state index is 12.6. The number of halogens is 2. The van der Waals surface area contributed by atoms with E-state index < -0.39 is 0 Å². The first-order valence-electron chi connectivity index (χ1n) is 7.47. The maximum absolute atomic E-state index is 12.6. The van der Waals surface area contributed by atoms with Crippen molar-refractivity contribution < 1.29 is 14.3 Å². The van der Waals surface area contributed by atoms with E-state index in [2.05, 4.69) is 0 Å². The molecule has 0 saturated carbocycles. The lowest BCUT2D eigenvalue weighted by atomic mass is 10.1. The largest absolute Gasteiger partial charge is 0.424 e. The van der Waals surface area contributed by atoms with E-state index in [0.29, 0.717) is 43.3 Å². The third kappa shape index (κ3) is 5.29. The van der Waals surface area contributed by atoms with E-state index in [4.69, 9.17) is 33.7 Å². The first-order chi connectivity index (χ1) is 11.0. The number of amides is 1. The number of anilines is 1. The zero-order chi connectivity index (χ0) is 17.4. The molecule has 0 atom stereocenters. The molecule has 0 aromatic heterocycles. The van der Waals surface area contributed by atoms with E-state index in [-0.39, 0.29) is 28.9 Å². The minimum atomic E-state index is -0.370. The number of nitrogens with zero attached hydrogens (tertiary/aromatic N) is 1. The van der Waals surface area contributed by atoms with Crippen molar-refractivity contribution in [3.05, 3.63) is 23.3 Å². The molecule has 128 valence electrons. The first-order valence-corrected chi connectivity index (χ1v) is 8.54. The molecule has 0 unspecified atom stereocenters. The van der Waals surface area contributed by atoms with Gasteiger partial charge in [-0.3, -0.25) is 9.59 Å². The molecule has 1 amide bonds. The van der Waals surface area contributed by atoms with Gasteiger partial charge in [-0.1, -0.05) is 13.0 Å². The van der Waals surface area contributed by atoms with E-state index >= 15 is 0 Å². The standard InChI is InChI=1S/C16H22Cl2N2O3/c1-3-4-13(21)23-15-11(2)5-6-12(14(15)19)16(22)20(9-7-17)10-8-18/h5-6H,3-4,7-10,19H2,1-2H3. The average Bonchev–Trinajstić information content (AvgIpc) is 2.51. The zero-order valence-corrected chi connectivity index (χ0v) is 14.9. The summed E-state index contributed by atoms with van der Waals surface area (Å²) in [6.45, 7) is 4.39. The van der Waals surface area contributed by atoms with Crippen molar-refractivity contribution in [2.75, 3.05) is 30.6 Å². The molecule has 0 fully saturated rings. The van der Waals surface area contributed by atoms with Gasteiger partial charge in [0.2, 0.25) is 0 Å². The Balaban J connectivity index is 3.12. The molecule has 0 aliphatic carbocycles.